The second kappa shape index (κ2) is 14.1. The van der Waals surface area contributed by atoms with E-state index in [1.165, 1.54) is 0 Å². The van der Waals surface area contributed by atoms with Crippen molar-refractivity contribution in [3.8, 4) is 0 Å². The molecule has 1 aromatic carbocycles. The van der Waals surface area contributed by atoms with Crippen molar-refractivity contribution < 1.29 is 24.5 Å². The van der Waals surface area contributed by atoms with Crippen LogP contribution in [-0.4, -0.2) is 55.6 Å². The molecule has 20 heavy (non-hydrogen) atoms. The summed E-state index contributed by atoms with van der Waals surface area (Å²) < 4.78 is 9.75. The van der Waals surface area contributed by atoms with Crippen LogP contribution in [0.4, 0.5) is 0 Å². The standard InChI is InChI=1S/C9H10O.C6H14O4/c1-2-9(10)8-6-4-3-5-7-8;7-1-3-9-5-6-10-4-2-8/h3-7H,2H2,1H3;7-8H,1-6H2. The molecule has 0 aliphatic carbocycles. The lowest BCUT2D eigenvalue weighted by atomic mass is 10.1. The van der Waals surface area contributed by atoms with Crippen LogP contribution in [-0.2, 0) is 9.47 Å². The Balaban J connectivity index is 0.000000361. The van der Waals surface area contributed by atoms with Gasteiger partial charge < -0.3 is 19.7 Å². The van der Waals surface area contributed by atoms with E-state index in [9.17, 15) is 4.79 Å². The average molecular weight is 284 g/mol. The SMILES string of the molecule is CCC(=O)c1ccccc1.OCCOCCOCCO. The van der Waals surface area contributed by atoms with Crippen molar-refractivity contribution in [3.05, 3.63) is 35.9 Å². The van der Waals surface area contributed by atoms with Crippen LogP contribution in [0.5, 0.6) is 0 Å². The van der Waals surface area contributed by atoms with E-state index >= 15 is 0 Å². The maximum absolute atomic E-state index is 11.0. The highest BCUT2D eigenvalue weighted by atomic mass is 16.5. The van der Waals surface area contributed by atoms with Crippen molar-refractivity contribution in [2.24, 2.45) is 0 Å². The van der Waals surface area contributed by atoms with Crippen molar-refractivity contribution in [2.45, 2.75) is 13.3 Å². The first-order chi connectivity index (χ1) is 9.76. The summed E-state index contributed by atoms with van der Waals surface area (Å²) in [5, 5.41) is 16.5. The Morgan fingerprint density at radius 1 is 0.950 bits per heavy atom. The van der Waals surface area contributed by atoms with Gasteiger partial charge in [-0.3, -0.25) is 4.79 Å². The molecule has 0 aliphatic heterocycles. The summed E-state index contributed by atoms with van der Waals surface area (Å²) in [6.07, 6.45) is 0.587. The van der Waals surface area contributed by atoms with Crippen molar-refractivity contribution >= 4 is 5.78 Å². The van der Waals surface area contributed by atoms with Gasteiger partial charge in [0.05, 0.1) is 39.6 Å². The number of rotatable bonds is 9. The number of carbonyl (C=O) groups excluding carboxylic acids is 1. The maximum atomic E-state index is 11.0. The lowest BCUT2D eigenvalue weighted by Gasteiger charge is -2.01. The van der Waals surface area contributed by atoms with Gasteiger partial charge in [0.15, 0.2) is 5.78 Å². The number of aliphatic hydroxyl groups excluding tert-OH is 2. The van der Waals surface area contributed by atoms with Gasteiger partial charge in [-0.05, 0) is 0 Å². The summed E-state index contributed by atoms with van der Waals surface area (Å²) in [5.41, 5.74) is 0.810. The summed E-state index contributed by atoms with van der Waals surface area (Å²) in [7, 11) is 0. The second-order valence-corrected chi connectivity index (χ2v) is 3.81. The molecule has 0 unspecified atom stereocenters. The molecule has 114 valence electrons. The van der Waals surface area contributed by atoms with E-state index in [4.69, 9.17) is 19.7 Å². The molecule has 0 amide bonds. The molecule has 0 fully saturated rings. The van der Waals surface area contributed by atoms with Crippen LogP contribution in [0.25, 0.3) is 0 Å². The van der Waals surface area contributed by atoms with E-state index in [0.29, 0.717) is 32.8 Å². The van der Waals surface area contributed by atoms with Gasteiger partial charge in [0, 0.05) is 12.0 Å². The largest absolute Gasteiger partial charge is 0.394 e. The third kappa shape index (κ3) is 10.6. The Hall–Kier alpha value is -1.27. The molecule has 1 aromatic rings. The maximum Gasteiger partial charge on any atom is 0.162 e. The number of hydrogen-bond acceptors (Lipinski definition) is 5. The number of ketones is 1. The molecule has 0 saturated carbocycles. The number of benzene rings is 1. The van der Waals surface area contributed by atoms with Gasteiger partial charge >= 0.3 is 0 Å². The molecular weight excluding hydrogens is 260 g/mol. The molecule has 0 aliphatic rings. The van der Waals surface area contributed by atoms with Gasteiger partial charge in [-0.1, -0.05) is 37.3 Å². The van der Waals surface area contributed by atoms with Gasteiger partial charge in [0.2, 0.25) is 0 Å². The number of ether oxygens (including phenoxy) is 2. The summed E-state index contributed by atoms with van der Waals surface area (Å²) in [5.74, 6) is 0.209. The van der Waals surface area contributed by atoms with Gasteiger partial charge in [-0.2, -0.15) is 0 Å². The molecule has 0 radical (unpaired) electrons. The predicted molar refractivity (Wildman–Crippen MR) is 76.9 cm³/mol. The normalized spacial score (nSPS) is 9.75. The fourth-order valence-electron chi connectivity index (χ4n) is 1.28. The summed E-state index contributed by atoms with van der Waals surface area (Å²) >= 11 is 0. The molecule has 0 heterocycles. The average Bonchev–Trinajstić information content (AvgIpc) is 2.51. The molecular formula is C15H24O5. The lowest BCUT2D eigenvalue weighted by molar-refractivity contribution is 0.0222. The smallest absolute Gasteiger partial charge is 0.162 e. The molecule has 0 atom stereocenters. The molecule has 5 heteroatoms. The van der Waals surface area contributed by atoms with E-state index in [0.717, 1.165) is 5.56 Å². The highest BCUT2D eigenvalue weighted by Gasteiger charge is 1.98. The molecule has 0 aromatic heterocycles. The quantitative estimate of drug-likeness (QED) is 0.528. The summed E-state index contributed by atoms with van der Waals surface area (Å²) in [6.45, 7) is 3.60. The van der Waals surface area contributed by atoms with Crippen molar-refractivity contribution in [1.29, 1.82) is 0 Å². The third-order valence-corrected chi connectivity index (χ3v) is 2.26. The molecule has 5 nitrogen and oxygen atoms in total. The zero-order valence-corrected chi connectivity index (χ0v) is 12.0. The van der Waals surface area contributed by atoms with Gasteiger partial charge in [0.25, 0.3) is 0 Å². The van der Waals surface area contributed by atoms with Crippen LogP contribution in [0.2, 0.25) is 0 Å². The molecule has 1 rings (SSSR count). The summed E-state index contributed by atoms with van der Waals surface area (Å²) in [6, 6.07) is 9.34. The van der Waals surface area contributed by atoms with Crippen molar-refractivity contribution in [1.82, 2.24) is 0 Å². The molecule has 0 spiro atoms. The van der Waals surface area contributed by atoms with Crippen LogP contribution in [0.15, 0.2) is 30.3 Å². The van der Waals surface area contributed by atoms with Crippen molar-refractivity contribution in [2.75, 3.05) is 39.6 Å². The minimum Gasteiger partial charge on any atom is -0.394 e. The van der Waals surface area contributed by atoms with E-state index in [-0.39, 0.29) is 19.0 Å². The topological polar surface area (TPSA) is 76.0 Å². The van der Waals surface area contributed by atoms with Crippen LogP contribution in [0, 0.1) is 0 Å². The van der Waals surface area contributed by atoms with Gasteiger partial charge in [-0.25, -0.2) is 0 Å². The molecule has 2 N–H and O–H groups in total. The fraction of sp³-hybridized carbons (Fsp3) is 0.533. The van der Waals surface area contributed by atoms with Crippen LogP contribution in [0.1, 0.15) is 23.7 Å². The van der Waals surface area contributed by atoms with Crippen LogP contribution >= 0.6 is 0 Å². The second-order valence-electron chi connectivity index (χ2n) is 3.81. The van der Waals surface area contributed by atoms with Gasteiger partial charge in [0.1, 0.15) is 0 Å². The zero-order chi connectivity index (χ0) is 15.1. The third-order valence-electron chi connectivity index (χ3n) is 2.26. The van der Waals surface area contributed by atoms with E-state index in [2.05, 4.69) is 0 Å². The highest BCUT2D eigenvalue weighted by molar-refractivity contribution is 5.95. The van der Waals surface area contributed by atoms with Crippen LogP contribution < -0.4 is 0 Å². The highest BCUT2D eigenvalue weighted by Crippen LogP contribution is 2.01. The summed E-state index contributed by atoms with van der Waals surface area (Å²) in [4.78, 5) is 11.0. The van der Waals surface area contributed by atoms with E-state index in [1.807, 2.05) is 37.3 Å². The lowest BCUT2D eigenvalue weighted by Crippen LogP contribution is -2.09. The Labute approximate surface area is 120 Å². The Kier molecular flexibility index (Phi) is 13.2. The zero-order valence-electron chi connectivity index (χ0n) is 12.0. The fourth-order valence-corrected chi connectivity index (χ4v) is 1.28. The number of Topliss-reactive ketones (excluding diaryl/α,β-unsaturated/α-hetero) is 1. The van der Waals surface area contributed by atoms with Gasteiger partial charge in [-0.15, -0.1) is 0 Å². The monoisotopic (exact) mass is 284 g/mol. The van der Waals surface area contributed by atoms with E-state index < -0.39 is 0 Å². The van der Waals surface area contributed by atoms with E-state index in [1.54, 1.807) is 0 Å². The Bertz CT molecular complexity index is 318. The van der Waals surface area contributed by atoms with Crippen LogP contribution in [0.3, 0.4) is 0 Å². The Morgan fingerprint density at radius 3 is 1.85 bits per heavy atom. The predicted octanol–water partition coefficient (Wildman–Crippen LogP) is 1.28. The number of aliphatic hydroxyl groups is 2. The number of carbonyl (C=O) groups is 1. The molecule has 0 saturated heterocycles. The Morgan fingerprint density at radius 2 is 1.45 bits per heavy atom. The molecule has 0 bridgehead atoms. The first kappa shape index (κ1) is 18.7. The van der Waals surface area contributed by atoms with Crippen molar-refractivity contribution in [3.63, 3.8) is 0 Å². The minimum absolute atomic E-state index is 0.0417. The number of hydrogen-bond donors (Lipinski definition) is 2. The minimum atomic E-state index is 0.0417. The first-order valence-electron chi connectivity index (χ1n) is 6.71. The first-order valence-corrected chi connectivity index (χ1v) is 6.71.